The SMILES string of the molecule is CC(c1cccs1)n1cncc1[C@H](C)N. The maximum absolute atomic E-state index is 5.89. The van der Waals surface area contributed by atoms with Gasteiger partial charge in [-0.1, -0.05) is 6.07 Å². The van der Waals surface area contributed by atoms with Crippen LogP contribution >= 0.6 is 11.3 Å². The predicted molar refractivity (Wildman–Crippen MR) is 63.0 cm³/mol. The second-order valence-corrected chi connectivity index (χ2v) is 4.69. The fourth-order valence-electron chi connectivity index (χ4n) is 1.66. The van der Waals surface area contributed by atoms with Crippen LogP contribution in [0.4, 0.5) is 0 Å². The van der Waals surface area contributed by atoms with Crippen molar-refractivity contribution < 1.29 is 0 Å². The van der Waals surface area contributed by atoms with Gasteiger partial charge in [-0.15, -0.1) is 11.3 Å². The van der Waals surface area contributed by atoms with Crippen LogP contribution in [0.3, 0.4) is 0 Å². The number of nitrogens with zero attached hydrogens (tertiary/aromatic N) is 2. The molecular formula is C11H15N3S. The Morgan fingerprint density at radius 2 is 2.27 bits per heavy atom. The molecule has 1 unspecified atom stereocenters. The molecule has 2 aromatic rings. The van der Waals surface area contributed by atoms with E-state index in [1.54, 1.807) is 11.3 Å². The highest BCUT2D eigenvalue weighted by Crippen LogP contribution is 2.25. The van der Waals surface area contributed by atoms with Crippen molar-refractivity contribution in [1.29, 1.82) is 0 Å². The minimum atomic E-state index is 0.0231. The van der Waals surface area contributed by atoms with E-state index in [9.17, 15) is 0 Å². The van der Waals surface area contributed by atoms with Crippen LogP contribution in [-0.2, 0) is 0 Å². The normalized spacial score (nSPS) is 15.1. The summed E-state index contributed by atoms with van der Waals surface area (Å²) in [6.07, 6.45) is 3.69. The minimum Gasteiger partial charge on any atom is -0.325 e. The highest BCUT2D eigenvalue weighted by Gasteiger charge is 2.14. The van der Waals surface area contributed by atoms with Crippen molar-refractivity contribution in [2.75, 3.05) is 0 Å². The number of rotatable bonds is 3. The third-order valence-electron chi connectivity index (χ3n) is 2.53. The molecule has 2 aromatic heterocycles. The number of hydrogen-bond donors (Lipinski definition) is 1. The Morgan fingerprint density at radius 1 is 1.47 bits per heavy atom. The van der Waals surface area contributed by atoms with Gasteiger partial charge in [0.25, 0.3) is 0 Å². The zero-order valence-electron chi connectivity index (χ0n) is 8.92. The van der Waals surface area contributed by atoms with E-state index >= 15 is 0 Å². The molecule has 0 aliphatic carbocycles. The Kier molecular flexibility index (Phi) is 2.88. The van der Waals surface area contributed by atoms with Gasteiger partial charge in [0.2, 0.25) is 0 Å². The number of thiophene rings is 1. The first-order valence-electron chi connectivity index (χ1n) is 5.01. The van der Waals surface area contributed by atoms with Crippen LogP contribution < -0.4 is 5.73 Å². The molecule has 4 heteroatoms. The Hall–Kier alpha value is -1.13. The van der Waals surface area contributed by atoms with Crippen LogP contribution in [0.25, 0.3) is 0 Å². The molecule has 0 spiro atoms. The Bertz CT molecular complexity index is 417. The van der Waals surface area contributed by atoms with E-state index in [0.717, 1.165) is 5.69 Å². The van der Waals surface area contributed by atoms with Gasteiger partial charge >= 0.3 is 0 Å². The van der Waals surface area contributed by atoms with Crippen LogP contribution in [0.2, 0.25) is 0 Å². The van der Waals surface area contributed by atoms with Crippen molar-refractivity contribution in [2.45, 2.75) is 25.9 Å². The topological polar surface area (TPSA) is 43.8 Å². The van der Waals surface area contributed by atoms with Crippen molar-refractivity contribution in [2.24, 2.45) is 5.73 Å². The van der Waals surface area contributed by atoms with E-state index in [1.165, 1.54) is 4.88 Å². The molecule has 0 amide bonds. The summed E-state index contributed by atoms with van der Waals surface area (Å²) < 4.78 is 2.14. The molecule has 15 heavy (non-hydrogen) atoms. The predicted octanol–water partition coefficient (Wildman–Crippen LogP) is 2.57. The van der Waals surface area contributed by atoms with Crippen molar-refractivity contribution in [3.63, 3.8) is 0 Å². The van der Waals surface area contributed by atoms with Gasteiger partial charge in [0.1, 0.15) is 0 Å². The number of nitrogens with two attached hydrogens (primary N) is 1. The van der Waals surface area contributed by atoms with Gasteiger partial charge < -0.3 is 10.3 Å². The number of aromatic nitrogens is 2. The summed E-state index contributed by atoms with van der Waals surface area (Å²) in [7, 11) is 0. The first kappa shape index (κ1) is 10.4. The molecule has 0 aliphatic heterocycles. The lowest BCUT2D eigenvalue weighted by atomic mass is 10.2. The largest absolute Gasteiger partial charge is 0.325 e. The molecule has 0 aromatic carbocycles. The number of hydrogen-bond acceptors (Lipinski definition) is 3. The van der Waals surface area contributed by atoms with Crippen molar-refractivity contribution in [1.82, 2.24) is 9.55 Å². The summed E-state index contributed by atoms with van der Waals surface area (Å²) in [6, 6.07) is 4.54. The van der Waals surface area contributed by atoms with E-state index in [-0.39, 0.29) is 6.04 Å². The zero-order chi connectivity index (χ0) is 10.8. The average Bonchev–Trinajstić information content (AvgIpc) is 2.88. The van der Waals surface area contributed by atoms with Gasteiger partial charge in [0.05, 0.1) is 18.1 Å². The Morgan fingerprint density at radius 3 is 2.87 bits per heavy atom. The van der Waals surface area contributed by atoms with E-state index < -0.39 is 0 Å². The molecule has 2 rings (SSSR count). The monoisotopic (exact) mass is 221 g/mol. The van der Waals surface area contributed by atoms with E-state index in [4.69, 9.17) is 5.73 Å². The second-order valence-electron chi connectivity index (χ2n) is 3.71. The third kappa shape index (κ3) is 1.96. The first-order valence-corrected chi connectivity index (χ1v) is 5.89. The maximum atomic E-state index is 5.89. The van der Waals surface area contributed by atoms with Crippen molar-refractivity contribution in [3.8, 4) is 0 Å². The smallest absolute Gasteiger partial charge is 0.0954 e. The molecule has 0 bridgehead atoms. The second kappa shape index (κ2) is 4.16. The van der Waals surface area contributed by atoms with E-state index in [0.29, 0.717) is 6.04 Å². The lowest BCUT2D eigenvalue weighted by Crippen LogP contribution is -2.14. The molecule has 2 heterocycles. The fraction of sp³-hybridized carbons (Fsp3) is 0.364. The highest BCUT2D eigenvalue weighted by atomic mass is 32.1. The molecular weight excluding hydrogens is 206 g/mol. The molecule has 2 N–H and O–H groups in total. The van der Waals surface area contributed by atoms with Crippen LogP contribution in [0.5, 0.6) is 0 Å². The summed E-state index contributed by atoms with van der Waals surface area (Å²) >= 11 is 1.76. The summed E-state index contributed by atoms with van der Waals surface area (Å²) in [5.74, 6) is 0. The van der Waals surface area contributed by atoms with Crippen LogP contribution in [0, 0.1) is 0 Å². The van der Waals surface area contributed by atoms with Gasteiger partial charge in [-0.2, -0.15) is 0 Å². The Labute approximate surface area is 93.6 Å². The van der Waals surface area contributed by atoms with Gasteiger partial charge in [0, 0.05) is 17.1 Å². The molecule has 0 saturated carbocycles. The van der Waals surface area contributed by atoms with Gasteiger partial charge in [-0.3, -0.25) is 0 Å². The lowest BCUT2D eigenvalue weighted by Gasteiger charge is -2.16. The molecule has 0 radical (unpaired) electrons. The van der Waals surface area contributed by atoms with Gasteiger partial charge in [0.15, 0.2) is 0 Å². The van der Waals surface area contributed by atoms with E-state index in [1.807, 2.05) is 19.4 Å². The maximum Gasteiger partial charge on any atom is 0.0954 e. The zero-order valence-corrected chi connectivity index (χ0v) is 9.74. The fourth-order valence-corrected chi connectivity index (χ4v) is 2.44. The minimum absolute atomic E-state index is 0.0231. The van der Waals surface area contributed by atoms with Gasteiger partial charge in [-0.25, -0.2) is 4.98 Å². The van der Waals surface area contributed by atoms with Crippen LogP contribution in [0.15, 0.2) is 30.0 Å². The van der Waals surface area contributed by atoms with Crippen molar-refractivity contribution >= 4 is 11.3 Å². The van der Waals surface area contributed by atoms with Crippen molar-refractivity contribution in [3.05, 3.63) is 40.6 Å². The third-order valence-corrected chi connectivity index (χ3v) is 3.58. The molecule has 80 valence electrons. The summed E-state index contributed by atoms with van der Waals surface area (Å²) in [5, 5.41) is 2.09. The first-order chi connectivity index (χ1) is 7.20. The summed E-state index contributed by atoms with van der Waals surface area (Å²) in [5.41, 5.74) is 6.97. The molecule has 0 aliphatic rings. The Balaban J connectivity index is 2.33. The molecule has 0 fully saturated rings. The summed E-state index contributed by atoms with van der Waals surface area (Å²) in [6.45, 7) is 4.15. The highest BCUT2D eigenvalue weighted by molar-refractivity contribution is 7.10. The van der Waals surface area contributed by atoms with Crippen LogP contribution in [-0.4, -0.2) is 9.55 Å². The molecule has 0 saturated heterocycles. The lowest BCUT2D eigenvalue weighted by molar-refractivity contribution is 0.589. The van der Waals surface area contributed by atoms with Crippen LogP contribution in [0.1, 0.15) is 36.5 Å². The van der Waals surface area contributed by atoms with Gasteiger partial charge in [-0.05, 0) is 25.3 Å². The quantitative estimate of drug-likeness (QED) is 0.865. The molecule has 2 atom stereocenters. The standard InChI is InChI=1S/C11H15N3S/c1-8(12)10-6-13-7-14(10)9(2)11-4-3-5-15-11/h3-9H,12H2,1-2H3/t8-,9?/m0/s1. The average molecular weight is 221 g/mol. The molecule has 3 nitrogen and oxygen atoms in total. The number of imidazole rings is 1. The van der Waals surface area contributed by atoms with E-state index in [2.05, 4.69) is 34.0 Å². The summed E-state index contributed by atoms with van der Waals surface area (Å²) in [4.78, 5) is 5.49.